The third kappa shape index (κ3) is 3.15. The van der Waals surface area contributed by atoms with Crippen molar-refractivity contribution in [1.29, 1.82) is 0 Å². The van der Waals surface area contributed by atoms with E-state index in [-0.39, 0.29) is 17.1 Å². The van der Waals surface area contributed by atoms with E-state index in [0.29, 0.717) is 6.42 Å². The number of rotatable bonds is 4. The summed E-state index contributed by atoms with van der Waals surface area (Å²) in [7, 11) is 0. The number of nitrogens with one attached hydrogen (secondary N) is 1. The standard InChI is InChI=1S/C10H13N3O4/c1-2-7(11)10(15)12-8-4-3-6(13(16)17)5-9(8)14/h3-5,7,14H,2,11H2,1H3,(H,12,15)/t7-/m1/s1. The number of non-ortho nitro benzene ring substituents is 1. The van der Waals surface area contributed by atoms with Crippen molar-refractivity contribution in [2.24, 2.45) is 5.73 Å². The molecule has 1 amide bonds. The second-order valence-corrected chi connectivity index (χ2v) is 3.46. The highest BCUT2D eigenvalue weighted by molar-refractivity contribution is 5.95. The molecule has 0 saturated heterocycles. The number of carbonyl (C=O) groups excluding carboxylic acids is 1. The molecule has 7 nitrogen and oxygen atoms in total. The highest BCUT2D eigenvalue weighted by Crippen LogP contribution is 2.27. The third-order valence-corrected chi connectivity index (χ3v) is 2.23. The molecule has 1 aromatic carbocycles. The monoisotopic (exact) mass is 239 g/mol. The summed E-state index contributed by atoms with van der Waals surface area (Å²) in [5.74, 6) is -0.812. The van der Waals surface area contributed by atoms with Crippen LogP contribution in [0.15, 0.2) is 18.2 Å². The molecular weight excluding hydrogens is 226 g/mol. The average molecular weight is 239 g/mol. The molecule has 0 aliphatic carbocycles. The van der Waals surface area contributed by atoms with Gasteiger partial charge in [0.2, 0.25) is 5.91 Å². The van der Waals surface area contributed by atoms with E-state index in [1.807, 2.05) is 0 Å². The Bertz CT molecular complexity index is 447. The maximum absolute atomic E-state index is 11.4. The van der Waals surface area contributed by atoms with Crippen molar-refractivity contribution < 1.29 is 14.8 Å². The molecule has 92 valence electrons. The van der Waals surface area contributed by atoms with Gasteiger partial charge >= 0.3 is 0 Å². The van der Waals surface area contributed by atoms with Crippen LogP contribution in [0.4, 0.5) is 11.4 Å². The smallest absolute Gasteiger partial charge is 0.273 e. The van der Waals surface area contributed by atoms with Gasteiger partial charge in [-0.15, -0.1) is 0 Å². The SMILES string of the molecule is CC[C@@H](N)C(=O)Nc1ccc([N+](=O)[O-])cc1O. The number of nitro benzene ring substituents is 1. The van der Waals surface area contributed by atoms with Gasteiger partial charge in [-0.05, 0) is 12.5 Å². The minimum absolute atomic E-state index is 0.101. The maximum Gasteiger partial charge on any atom is 0.273 e. The van der Waals surface area contributed by atoms with Gasteiger partial charge in [-0.2, -0.15) is 0 Å². The first-order valence-corrected chi connectivity index (χ1v) is 4.99. The lowest BCUT2D eigenvalue weighted by atomic mass is 10.2. The summed E-state index contributed by atoms with van der Waals surface area (Å²) >= 11 is 0. The number of nitrogens with zero attached hydrogens (tertiary/aromatic N) is 1. The van der Waals surface area contributed by atoms with Crippen LogP contribution in [0.5, 0.6) is 5.75 Å². The number of amides is 1. The lowest BCUT2D eigenvalue weighted by Crippen LogP contribution is -2.34. The van der Waals surface area contributed by atoms with Crippen LogP contribution in [-0.4, -0.2) is 22.0 Å². The molecule has 17 heavy (non-hydrogen) atoms. The van der Waals surface area contributed by atoms with E-state index in [1.54, 1.807) is 6.92 Å². The predicted octanol–water partition coefficient (Wildman–Crippen LogP) is 0.976. The number of benzene rings is 1. The van der Waals surface area contributed by atoms with Crippen LogP contribution in [0, 0.1) is 10.1 Å². The first-order chi connectivity index (χ1) is 7.95. The normalized spacial score (nSPS) is 11.9. The number of anilines is 1. The van der Waals surface area contributed by atoms with Gasteiger partial charge in [-0.3, -0.25) is 14.9 Å². The molecule has 0 aliphatic rings. The van der Waals surface area contributed by atoms with Crippen LogP contribution < -0.4 is 11.1 Å². The summed E-state index contributed by atoms with van der Waals surface area (Å²) in [6.07, 6.45) is 0.458. The molecule has 1 aromatic rings. The van der Waals surface area contributed by atoms with Gasteiger partial charge in [0.15, 0.2) is 0 Å². The summed E-state index contributed by atoms with van der Waals surface area (Å²) in [6.45, 7) is 1.75. The highest BCUT2D eigenvalue weighted by Gasteiger charge is 2.15. The van der Waals surface area contributed by atoms with E-state index in [4.69, 9.17) is 5.73 Å². The zero-order valence-electron chi connectivity index (χ0n) is 9.21. The molecule has 0 saturated carbocycles. The number of phenolic OH excluding ortho intramolecular Hbond substituents is 1. The quantitative estimate of drug-likeness (QED) is 0.411. The molecule has 0 bridgehead atoms. The Morgan fingerprint density at radius 2 is 2.29 bits per heavy atom. The van der Waals surface area contributed by atoms with E-state index >= 15 is 0 Å². The first kappa shape index (κ1) is 12.9. The van der Waals surface area contributed by atoms with Crippen molar-refractivity contribution in [3.63, 3.8) is 0 Å². The summed E-state index contributed by atoms with van der Waals surface area (Å²) in [4.78, 5) is 21.2. The van der Waals surface area contributed by atoms with Crippen LogP contribution in [-0.2, 0) is 4.79 Å². The van der Waals surface area contributed by atoms with Crippen molar-refractivity contribution in [3.8, 4) is 5.75 Å². The summed E-state index contributed by atoms with van der Waals surface area (Å²) in [5, 5.41) is 22.3. The average Bonchev–Trinajstić information content (AvgIpc) is 2.30. The van der Waals surface area contributed by atoms with Gasteiger partial charge in [-0.25, -0.2) is 0 Å². The number of phenols is 1. The topological polar surface area (TPSA) is 118 Å². The lowest BCUT2D eigenvalue weighted by Gasteiger charge is -2.10. The van der Waals surface area contributed by atoms with E-state index in [9.17, 15) is 20.0 Å². The van der Waals surface area contributed by atoms with Gasteiger partial charge in [0.1, 0.15) is 5.75 Å². The zero-order chi connectivity index (χ0) is 13.0. The first-order valence-electron chi connectivity index (χ1n) is 4.99. The van der Waals surface area contributed by atoms with Gasteiger partial charge in [-0.1, -0.05) is 6.92 Å². The number of nitro groups is 1. The van der Waals surface area contributed by atoms with Crippen LogP contribution in [0.3, 0.4) is 0 Å². The van der Waals surface area contributed by atoms with E-state index in [1.165, 1.54) is 12.1 Å². The third-order valence-electron chi connectivity index (χ3n) is 2.23. The predicted molar refractivity (Wildman–Crippen MR) is 61.7 cm³/mol. The Hall–Kier alpha value is -2.15. The van der Waals surface area contributed by atoms with Gasteiger partial charge in [0.05, 0.1) is 22.7 Å². The summed E-state index contributed by atoms with van der Waals surface area (Å²) < 4.78 is 0. The maximum atomic E-state index is 11.4. The number of hydrogen-bond donors (Lipinski definition) is 3. The van der Waals surface area contributed by atoms with Crippen molar-refractivity contribution in [2.45, 2.75) is 19.4 Å². The van der Waals surface area contributed by atoms with E-state index < -0.39 is 16.9 Å². The molecule has 0 unspecified atom stereocenters. The second-order valence-electron chi connectivity index (χ2n) is 3.46. The molecule has 0 radical (unpaired) electrons. The Labute approximate surface area is 97.4 Å². The van der Waals surface area contributed by atoms with Crippen molar-refractivity contribution >= 4 is 17.3 Å². The van der Waals surface area contributed by atoms with Crippen LogP contribution >= 0.6 is 0 Å². The van der Waals surface area contributed by atoms with Crippen molar-refractivity contribution in [1.82, 2.24) is 0 Å². The molecule has 0 fully saturated rings. The van der Waals surface area contributed by atoms with Gasteiger partial charge in [0, 0.05) is 6.07 Å². The molecule has 4 N–H and O–H groups in total. The number of hydrogen-bond acceptors (Lipinski definition) is 5. The fourth-order valence-corrected chi connectivity index (χ4v) is 1.15. The number of nitrogens with two attached hydrogens (primary N) is 1. The fraction of sp³-hybridized carbons (Fsp3) is 0.300. The summed E-state index contributed by atoms with van der Waals surface area (Å²) in [5.41, 5.74) is 5.34. The Morgan fingerprint density at radius 3 is 2.76 bits per heavy atom. The molecule has 1 atom stereocenters. The van der Waals surface area contributed by atoms with Crippen molar-refractivity contribution in [2.75, 3.05) is 5.32 Å². The molecule has 0 aliphatic heterocycles. The highest BCUT2D eigenvalue weighted by atomic mass is 16.6. The molecular formula is C10H13N3O4. The Kier molecular flexibility index (Phi) is 4.00. The van der Waals surface area contributed by atoms with Crippen LogP contribution in [0.2, 0.25) is 0 Å². The molecule has 0 heterocycles. The van der Waals surface area contributed by atoms with Crippen LogP contribution in [0.1, 0.15) is 13.3 Å². The minimum Gasteiger partial charge on any atom is -0.506 e. The minimum atomic E-state index is -0.676. The molecule has 0 spiro atoms. The van der Waals surface area contributed by atoms with Crippen molar-refractivity contribution in [3.05, 3.63) is 28.3 Å². The van der Waals surface area contributed by atoms with Gasteiger partial charge in [0.25, 0.3) is 5.69 Å². The Morgan fingerprint density at radius 1 is 1.65 bits per heavy atom. The van der Waals surface area contributed by atoms with E-state index in [2.05, 4.69) is 5.32 Å². The second kappa shape index (κ2) is 5.26. The molecule has 7 heteroatoms. The zero-order valence-corrected chi connectivity index (χ0v) is 9.21. The van der Waals surface area contributed by atoms with E-state index in [0.717, 1.165) is 6.07 Å². The van der Waals surface area contributed by atoms with Crippen LogP contribution in [0.25, 0.3) is 0 Å². The number of carbonyl (C=O) groups is 1. The largest absolute Gasteiger partial charge is 0.506 e. The summed E-state index contributed by atoms with van der Waals surface area (Å²) in [6, 6.07) is 2.73. The van der Waals surface area contributed by atoms with Gasteiger partial charge < -0.3 is 16.2 Å². The molecule has 1 rings (SSSR count). The lowest BCUT2D eigenvalue weighted by molar-refractivity contribution is -0.384. The number of aromatic hydroxyl groups is 1. The Balaban J connectivity index is 2.86. The fourth-order valence-electron chi connectivity index (χ4n) is 1.15. The molecule has 0 aromatic heterocycles.